The molecule has 0 amide bonds. The first-order valence-electron chi connectivity index (χ1n) is 2.57. The first-order valence-corrected chi connectivity index (χ1v) is 4.76. The lowest BCUT2D eigenvalue weighted by Crippen LogP contribution is -2.03. The van der Waals surface area contributed by atoms with Gasteiger partial charge in [0.05, 0.1) is 11.2 Å². The second-order valence-electron chi connectivity index (χ2n) is 1.77. The first-order chi connectivity index (χ1) is 5.41. The van der Waals surface area contributed by atoms with E-state index in [-0.39, 0.29) is 10.3 Å². The SMILES string of the molecule is O=S(=O)(O)c1nc(Cl)ncc1Cl. The standard InChI is InChI=1S/C4H2Cl2N2O3S/c5-2-1-7-4(6)8-3(2)12(9,10)11/h1H,(H,9,10,11). The van der Waals surface area contributed by atoms with Gasteiger partial charge in [0, 0.05) is 0 Å². The maximum absolute atomic E-state index is 10.5. The van der Waals surface area contributed by atoms with Crippen LogP contribution in [-0.2, 0) is 10.1 Å². The lowest BCUT2D eigenvalue weighted by molar-refractivity contribution is 0.479. The maximum atomic E-state index is 10.5. The molecule has 0 aromatic carbocycles. The Hall–Kier alpha value is -0.430. The molecule has 0 aliphatic carbocycles. The summed E-state index contributed by atoms with van der Waals surface area (Å²) in [5.74, 6) is 0. The van der Waals surface area contributed by atoms with Gasteiger partial charge in [-0.1, -0.05) is 11.6 Å². The van der Waals surface area contributed by atoms with Crippen LogP contribution in [0.3, 0.4) is 0 Å². The summed E-state index contributed by atoms with van der Waals surface area (Å²) in [4.78, 5) is 6.63. The van der Waals surface area contributed by atoms with E-state index in [9.17, 15) is 8.42 Å². The molecule has 1 rings (SSSR count). The van der Waals surface area contributed by atoms with Crippen LogP contribution < -0.4 is 0 Å². The quantitative estimate of drug-likeness (QED) is 0.442. The molecule has 0 bridgehead atoms. The van der Waals surface area contributed by atoms with Crippen LogP contribution in [0.15, 0.2) is 11.2 Å². The van der Waals surface area contributed by atoms with E-state index in [4.69, 9.17) is 27.8 Å². The van der Waals surface area contributed by atoms with Crippen LogP contribution in [0.1, 0.15) is 0 Å². The number of hydrogen-bond donors (Lipinski definition) is 1. The third kappa shape index (κ3) is 2.04. The van der Waals surface area contributed by atoms with Gasteiger partial charge in [-0.3, -0.25) is 4.55 Å². The Kier molecular flexibility index (Phi) is 2.52. The molecule has 0 radical (unpaired) electrons. The molecule has 0 aliphatic rings. The minimum atomic E-state index is -4.42. The fraction of sp³-hybridized carbons (Fsp3) is 0. The molecule has 0 atom stereocenters. The number of aromatic nitrogens is 2. The Morgan fingerprint density at radius 2 is 2.00 bits per heavy atom. The van der Waals surface area contributed by atoms with Crippen molar-refractivity contribution in [2.75, 3.05) is 0 Å². The monoisotopic (exact) mass is 228 g/mol. The van der Waals surface area contributed by atoms with Crippen LogP contribution in [0.2, 0.25) is 10.3 Å². The van der Waals surface area contributed by atoms with Gasteiger partial charge in [-0.15, -0.1) is 0 Å². The summed E-state index contributed by atoms with van der Waals surface area (Å²) < 4.78 is 29.6. The highest BCUT2D eigenvalue weighted by atomic mass is 35.5. The van der Waals surface area contributed by atoms with Crippen molar-refractivity contribution in [3.63, 3.8) is 0 Å². The highest BCUT2D eigenvalue weighted by molar-refractivity contribution is 7.85. The van der Waals surface area contributed by atoms with Crippen molar-refractivity contribution >= 4 is 33.3 Å². The predicted octanol–water partition coefficient (Wildman–Crippen LogP) is 1.03. The molecule has 0 saturated carbocycles. The van der Waals surface area contributed by atoms with Crippen molar-refractivity contribution in [1.82, 2.24) is 9.97 Å². The Morgan fingerprint density at radius 3 is 2.42 bits per heavy atom. The molecule has 0 saturated heterocycles. The summed E-state index contributed by atoms with van der Waals surface area (Å²) in [7, 11) is -4.42. The topological polar surface area (TPSA) is 80.2 Å². The van der Waals surface area contributed by atoms with E-state index in [0.29, 0.717) is 0 Å². The van der Waals surface area contributed by atoms with Crippen LogP contribution in [0.25, 0.3) is 0 Å². The van der Waals surface area contributed by atoms with Crippen molar-refractivity contribution in [2.24, 2.45) is 0 Å². The lowest BCUT2D eigenvalue weighted by Gasteiger charge is -1.97. The van der Waals surface area contributed by atoms with Gasteiger partial charge in [0.25, 0.3) is 0 Å². The second kappa shape index (κ2) is 3.14. The van der Waals surface area contributed by atoms with Crippen molar-refractivity contribution in [3.05, 3.63) is 16.5 Å². The van der Waals surface area contributed by atoms with Gasteiger partial charge >= 0.3 is 10.1 Å². The van der Waals surface area contributed by atoms with E-state index in [0.717, 1.165) is 6.20 Å². The molecule has 1 aromatic heterocycles. The van der Waals surface area contributed by atoms with Crippen LogP contribution in [-0.4, -0.2) is 22.9 Å². The smallest absolute Gasteiger partial charge is 0.281 e. The number of rotatable bonds is 1. The number of nitrogens with zero attached hydrogens (tertiary/aromatic N) is 2. The molecule has 5 nitrogen and oxygen atoms in total. The largest absolute Gasteiger partial charge is 0.313 e. The van der Waals surface area contributed by atoms with Crippen molar-refractivity contribution in [1.29, 1.82) is 0 Å². The zero-order valence-corrected chi connectivity index (χ0v) is 7.73. The van der Waals surface area contributed by atoms with Gasteiger partial charge < -0.3 is 0 Å². The van der Waals surface area contributed by atoms with Gasteiger partial charge in [0.15, 0.2) is 0 Å². The summed E-state index contributed by atoms with van der Waals surface area (Å²) in [6.45, 7) is 0. The van der Waals surface area contributed by atoms with Gasteiger partial charge in [0.1, 0.15) is 0 Å². The number of hydrogen-bond acceptors (Lipinski definition) is 4. The summed E-state index contributed by atoms with van der Waals surface area (Å²) in [5.41, 5.74) is 0. The molecule has 66 valence electrons. The molecule has 1 aromatic rings. The fourth-order valence-electron chi connectivity index (χ4n) is 0.512. The Labute approximate surface area is 78.1 Å². The molecule has 12 heavy (non-hydrogen) atoms. The van der Waals surface area contributed by atoms with Gasteiger partial charge in [-0.05, 0) is 11.6 Å². The van der Waals surface area contributed by atoms with E-state index in [1.165, 1.54) is 0 Å². The Morgan fingerprint density at radius 1 is 1.42 bits per heavy atom. The number of halogens is 2. The minimum Gasteiger partial charge on any atom is -0.281 e. The van der Waals surface area contributed by atoms with E-state index in [1.807, 2.05) is 0 Å². The van der Waals surface area contributed by atoms with E-state index in [1.54, 1.807) is 0 Å². The molecule has 8 heteroatoms. The molecule has 1 N–H and O–H groups in total. The summed E-state index contributed by atoms with van der Waals surface area (Å²) in [6.07, 6.45) is 0.986. The molecular formula is C4H2Cl2N2O3S. The molecule has 0 fully saturated rings. The first kappa shape index (κ1) is 9.66. The van der Waals surface area contributed by atoms with Crippen molar-refractivity contribution in [3.8, 4) is 0 Å². The Balaban J connectivity index is 3.43. The third-order valence-corrected chi connectivity index (χ3v) is 2.30. The van der Waals surface area contributed by atoms with E-state index >= 15 is 0 Å². The minimum absolute atomic E-state index is 0.276. The van der Waals surface area contributed by atoms with E-state index < -0.39 is 15.1 Å². The van der Waals surface area contributed by atoms with Crippen LogP contribution >= 0.6 is 23.2 Å². The fourth-order valence-corrected chi connectivity index (χ4v) is 1.58. The average Bonchev–Trinajstić information content (AvgIpc) is 1.92. The van der Waals surface area contributed by atoms with Gasteiger partial charge in [-0.25, -0.2) is 9.97 Å². The second-order valence-corrected chi connectivity index (χ2v) is 3.85. The molecule has 1 heterocycles. The highest BCUT2D eigenvalue weighted by Crippen LogP contribution is 2.18. The van der Waals surface area contributed by atoms with Crippen molar-refractivity contribution in [2.45, 2.75) is 5.03 Å². The van der Waals surface area contributed by atoms with Crippen molar-refractivity contribution < 1.29 is 13.0 Å². The molecule has 0 unspecified atom stereocenters. The zero-order chi connectivity index (χ0) is 9.35. The van der Waals surface area contributed by atoms with Crippen LogP contribution in [0, 0.1) is 0 Å². The highest BCUT2D eigenvalue weighted by Gasteiger charge is 2.17. The summed E-state index contributed by atoms with van der Waals surface area (Å²) in [6, 6.07) is 0. The summed E-state index contributed by atoms with van der Waals surface area (Å²) in [5, 5.41) is -1.27. The molecule has 0 aliphatic heterocycles. The zero-order valence-electron chi connectivity index (χ0n) is 5.40. The maximum Gasteiger partial charge on any atom is 0.313 e. The summed E-state index contributed by atoms with van der Waals surface area (Å²) >= 11 is 10.6. The van der Waals surface area contributed by atoms with Gasteiger partial charge in [0.2, 0.25) is 10.3 Å². The predicted molar refractivity (Wildman–Crippen MR) is 41.9 cm³/mol. The molecular weight excluding hydrogens is 227 g/mol. The average molecular weight is 229 g/mol. The van der Waals surface area contributed by atoms with Gasteiger partial charge in [-0.2, -0.15) is 8.42 Å². The normalized spacial score (nSPS) is 11.6. The van der Waals surface area contributed by atoms with E-state index in [2.05, 4.69) is 9.97 Å². The third-order valence-electron chi connectivity index (χ3n) is 0.927. The molecule has 0 spiro atoms. The van der Waals surface area contributed by atoms with Crippen LogP contribution in [0.5, 0.6) is 0 Å². The Bertz CT molecular complexity index is 405. The lowest BCUT2D eigenvalue weighted by atomic mass is 10.7. The van der Waals surface area contributed by atoms with Crippen LogP contribution in [0.4, 0.5) is 0 Å².